The number of guanidine groups is 1. The van der Waals surface area contributed by atoms with Gasteiger partial charge < -0.3 is 5.73 Å². The van der Waals surface area contributed by atoms with E-state index in [0.29, 0.717) is 0 Å². The number of nitrogens with zero attached hydrogens (tertiary/aromatic N) is 1. The molecule has 0 aliphatic carbocycles. The fraction of sp³-hybridized carbons (Fsp3) is 0.714. The molecule has 1 aliphatic rings. The van der Waals surface area contributed by atoms with Gasteiger partial charge in [0.15, 0.2) is 5.96 Å². The average molecular weight is 155 g/mol. The second-order valence-electron chi connectivity index (χ2n) is 2.66. The quantitative estimate of drug-likeness (QED) is 0.602. The van der Waals surface area contributed by atoms with E-state index in [1.807, 2.05) is 0 Å². The summed E-state index contributed by atoms with van der Waals surface area (Å²) in [5.41, 5.74) is 5.31. The first kappa shape index (κ1) is 8.04. The van der Waals surface area contributed by atoms with E-state index in [9.17, 15) is 4.79 Å². The maximum Gasteiger partial charge on any atom is 0.251 e. The third kappa shape index (κ3) is 1.93. The van der Waals surface area contributed by atoms with Crippen LogP contribution in [-0.4, -0.2) is 17.9 Å². The maximum atomic E-state index is 11.0. The van der Waals surface area contributed by atoms with Crippen molar-refractivity contribution in [3.05, 3.63) is 0 Å². The minimum Gasteiger partial charge on any atom is -0.370 e. The first-order valence-corrected chi connectivity index (χ1v) is 3.88. The van der Waals surface area contributed by atoms with Gasteiger partial charge in [-0.25, -0.2) is 4.99 Å². The molecule has 0 bridgehead atoms. The fourth-order valence-electron chi connectivity index (χ4n) is 1.06. The van der Waals surface area contributed by atoms with Crippen molar-refractivity contribution in [1.29, 1.82) is 0 Å². The van der Waals surface area contributed by atoms with Gasteiger partial charge in [-0.05, 0) is 6.42 Å². The Morgan fingerprint density at radius 3 is 2.91 bits per heavy atom. The van der Waals surface area contributed by atoms with Gasteiger partial charge in [0, 0.05) is 0 Å². The summed E-state index contributed by atoms with van der Waals surface area (Å²) in [7, 11) is 0. The number of carbonyl (C=O) groups excluding carboxylic acids is 1. The monoisotopic (exact) mass is 155 g/mol. The van der Waals surface area contributed by atoms with Crippen molar-refractivity contribution in [2.24, 2.45) is 10.7 Å². The molecule has 3 N–H and O–H groups in total. The van der Waals surface area contributed by atoms with E-state index in [2.05, 4.69) is 17.2 Å². The molecule has 1 rings (SSSR count). The SMILES string of the molecule is CCCCC1N=C(N)NC1=O. The van der Waals surface area contributed by atoms with Gasteiger partial charge in [0.25, 0.3) is 5.91 Å². The minimum absolute atomic E-state index is 0.0593. The molecule has 0 aromatic rings. The lowest BCUT2D eigenvalue weighted by molar-refractivity contribution is -0.120. The smallest absolute Gasteiger partial charge is 0.251 e. The molecule has 0 aromatic heterocycles. The zero-order chi connectivity index (χ0) is 8.27. The van der Waals surface area contributed by atoms with Gasteiger partial charge in [0.05, 0.1) is 0 Å². The summed E-state index contributed by atoms with van der Waals surface area (Å²) in [5.74, 6) is 0.201. The summed E-state index contributed by atoms with van der Waals surface area (Å²) in [6.07, 6.45) is 2.91. The zero-order valence-electron chi connectivity index (χ0n) is 6.63. The predicted octanol–water partition coefficient (Wildman–Crippen LogP) is -0.0103. The molecule has 4 nitrogen and oxygen atoms in total. The molecular weight excluding hydrogens is 142 g/mol. The molecule has 1 heterocycles. The number of aliphatic imine (C=N–C) groups is 1. The Bertz CT molecular complexity index is 188. The summed E-state index contributed by atoms with van der Waals surface area (Å²) in [6.45, 7) is 2.08. The van der Waals surface area contributed by atoms with Crippen molar-refractivity contribution in [3.8, 4) is 0 Å². The van der Waals surface area contributed by atoms with Crippen molar-refractivity contribution in [3.63, 3.8) is 0 Å². The van der Waals surface area contributed by atoms with E-state index in [4.69, 9.17) is 5.73 Å². The molecule has 0 saturated carbocycles. The lowest BCUT2D eigenvalue weighted by Gasteiger charge is -2.00. The standard InChI is InChI=1S/C7H13N3O/c1-2-3-4-5-6(11)10-7(8)9-5/h5H,2-4H2,1H3,(H3,8,9,10,11). The minimum atomic E-state index is -0.227. The van der Waals surface area contributed by atoms with Gasteiger partial charge in [-0.2, -0.15) is 0 Å². The molecule has 1 unspecified atom stereocenters. The van der Waals surface area contributed by atoms with Gasteiger partial charge in [-0.15, -0.1) is 0 Å². The van der Waals surface area contributed by atoms with Crippen LogP contribution >= 0.6 is 0 Å². The summed E-state index contributed by atoms with van der Waals surface area (Å²) >= 11 is 0. The number of hydrogen-bond donors (Lipinski definition) is 2. The molecule has 0 aromatic carbocycles. The molecule has 1 atom stereocenters. The Kier molecular flexibility index (Phi) is 2.46. The molecular formula is C7H13N3O. The highest BCUT2D eigenvalue weighted by Gasteiger charge is 2.23. The Morgan fingerprint density at radius 1 is 1.73 bits per heavy atom. The Balaban J connectivity index is 2.39. The Hall–Kier alpha value is -1.06. The van der Waals surface area contributed by atoms with Crippen LogP contribution < -0.4 is 11.1 Å². The molecule has 1 amide bonds. The van der Waals surface area contributed by atoms with Gasteiger partial charge in [-0.3, -0.25) is 10.1 Å². The van der Waals surface area contributed by atoms with Gasteiger partial charge in [0.1, 0.15) is 6.04 Å². The topological polar surface area (TPSA) is 67.5 Å². The molecule has 4 heteroatoms. The molecule has 0 spiro atoms. The molecule has 62 valence electrons. The van der Waals surface area contributed by atoms with Crippen LogP contribution in [0.5, 0.6) is 0 Å². The van der Waals surface area contributed by atoms with Crippen molar-refractivity contribution in [1.82, 2.24) is 5.32 Å². The van der Waals surface area contributed by atoms with E-state index in [1.165, 1.54) is 0 Å². The summed E-state index contributed by atoms with van der Waals surface area (Å²) in [5, 5.41) is 2.46. The first-order valence-electron chi connectivity index (χ1n) is 3.88. The number of hydrogen-bond acceptors (Lipinski definition) is 3. The third-order valence-corrected chi connectivity index (χ3v) is 1.68. The van der Waals surface area contributed by atoms with Crippen LogP contribution in [0.3, 0.4) is 0 Å². The van der Waals surface area contributed by atoms with Crippen molar-refractivity contribution in [2.75, 3.05) is 0 Å². The van der Waals surface area contributed by atoms with E-state index < -0.39 is 0 Å². The largest absolute Gasteiger partial charge is 0.370 e. The highest BCUT2D eigenvalue weighted by Crippen LogP contribution is 2.07. The number of unbranched alkanes of at least 4 members (excludes halogenated alkanes) is 1. The summed E-state index contributed by atoms with van der Waals surface area (Å²) in [4.78, 5) is 14.9. The van der Waals surface area contributed by atoms with E-state index >= 15 is 0 Å². The molecule has 1 aliphatic heterocycles. The number of amides is 1. The molecule has 0 saturated heterocycles. The zero-order valence-corrected chi connectivity index (χ0v) is 6.63. The Morgan fingerprint density at radius 2 is 2.45 bits per heavy atom. The molecule has 11 heavy (non-hydrogen) atoms. The molecule has 0 radical (unpaired) electrons. The fourth-order valence-corrected chi connectivity index (χ4v) is 1.06. The second-order valence-corrected chi connectivity index (χ2v) is 2.66. The van der Waals surface area contributed by atoms with Crippen LogP contribution in [-0.2, 0) is 4.79 Å². The van der Waals surface area contributed by atoms with Crippen LogP contribution in [0, 0.1) is 0 Å². The van der Waals surface area contributed by atoms with Gasteiger partial charge in [0.2, 0.25) is 0 Å². The number of nitrogens with one attached hydrogen (secondary N) is 1. The van der Waals surface area contributed by atoms with Crippen LogP contribution in [0.15, 0.2) is 4.99 Å². The van der Waals surface area contributed by atoms with Crippen LogP contribution in [0.1, 0.15) is 26.2 Å². The second kappa shape index (κ2) is 3.37. The summed E-state index contributed by atoms with van der Waals surface area (Å²) < 4.78 is 0. The highest BCUT2D eigenvalue weighted by molar-refractivity contribution is 6.04. The van der Waals surface area contributed by atoms with Crippen molar-refractivity contribution >= 4 is 11.9 Å². The first-order chi connectivity index (χ1) is 5.24. The van der Waals surface area contributed by atoms with Crippen molar-refractivity contribution in [2.45, 2.75) is 32.2 Å². The van der Waals surface area contributed by atoms with Crippen LogP contribution in [0.4, 0.5) is 0 Å². The van der Waals surface area contributed by atoms with E-state index in [0.717, 1.165) is 19.3 Å². The normalized spacial score (nSPS) is 23.2. The predicted molar refractivity (Wildman–Crippen MR) is 43.1 cm³/mol. The van der Waals surface area contributed by atoms with Gasteiger partial charge in [-0.1, -0.05) is 19.8 Å². The summed E-state index contributed by atoms with van der Waals surface area (Å²) in [6, 6.07) is -0.227. The van der Waals surface area contributed by atoms with Crippen LogP contribution in [0.2, 0.25) is 0 Å². The third-order valence-electron chi connectivity index (χ3n) is 1.68. The molecule has 0 fully saturated rings. The van der Waals surface area contributed by atoms with Crippen molar-refractivity contribution < 1.29 is 4.79 Å². The van der Waals surface area contributed by atoms with E-state index in [1.54, 1.807) is 0 Å². The average Bonchev–Trinajstić information content (AvgIpc) is 2.26. The lowest BCUT2D eigenvalue weighted by atomic mass is 10.1. The Labute approximate surface area is 65.9 Å². The van der Waals surface area contributed by atoms with Gasteiger partial charge >= 0.3 is 0 Å². The van der Waals surface area contributed by atoms with Crippen LogP contribution in [0.25, 0.3) is 0 Å². The number of rotatable bonds is 3. The maximum absolute atomic E-state index is 11.0. The lowest BCUT2D eigenvalue weighted by Crippen LogP contribution is -2.32. The van der Waals surface area contributed by atoms with E-state index in [-0.39, 0.29) is 17.9 Å². The highest BCUT2D eigenvalue weighted by atomic mass is 16.2. The number of nitrogens with two attached hydrogens (primary N) is 1. The number of carbonyl (C=O) groups is 1.